The Morgan fingerprint density at radius 1 is 1.07 bits per heavy atom. The number of fused-ring (bicyclic) bond motifs is 3. The predicted octanol–water partition coefficient (Wildman–Crippen LogP) is 5.86. The summed E-state index contributed by atoms with van der Waals surface area (Å²) < 4.78 is 51.2. The highest BCUT2D eigenvalue weighted by Crippen LogP contribution is 2.77. The molecule has 2 aromatic carbocycles. The van der Waals surface area contributed by atoms with Gasteiger partial charge in [0.05, 0.1) is 18.6 Å². The molecule has 41 heavy (non-hydrogen) atoms. The van der Waals surface area contributed by atoms with E-state index in [1.54, 1.807) is 27.9 Å². The third kappa shape index (κ3) is 5.08. The monoisotopic (exact) mass is 572 g/mol. The van der Waals surface area contributed by atoms with Crippen molar-refractivity contribution in [1.82, 2.24) is 10.2 Å². The van der Waals surface area contributed by atoms with Gasteiger partial charge in [-0.05, 0) is 98.2 Å². The van der Waals surface area contributed by atoms with Gasteiger partial charge in [0.25, 0.3) is 0 Å². The lowest BCUT2D eigenvalue weighted by atomic mass is 9.69. The van der Waals surface area contributed by atoms with E-state index in [1.807, 2.05) is 12.1 Å². The van der Waals surface area contributed by atoms with Crippen molar-refractivity contribution in [3.63, 3.8) is 0 Å². The van der Waals surface area contributed by atoms with E-state index in [1.165, 1.54) is 10.5 Å². The maximum Gasteiger partial charge on any atom is 0.397 e. The fraction of sp³-hybridized carbons (Fsp3) is 0.625. The van der Waals surface area contributed by atoms with Crippen LogP contribution in [0, 0.1) is 28.6 Å². The van der Waals surface area contributed by atoms with E-state index in [-0.39, 0.29) is 29.3 Å². The highest BCUT2D eigenvalue weighted by Gasteiger charge is 2.79. The van der Waals surface area contributed by atoms with E-state index >= 15 is 0 Å². The van der Waals surface area contributed by atoms with Gasteiger partial charge in [-0.2, -0.15) is 13.2 Å². The summed E-state index contributed by atoms with van der Waals surface area (Å²) in [6.45, 7) is 6.34. The van der Waals surface area contributed by atoms with Gasteiger partial charge in [-0.15, -0.1) is 0 Å². The molecule has 1 spiro atoms. The smallest absolute Gasteiger partial charge is 0.397 e. The molecule has 2 aliphatic heterocycles. The molecule has 6 nitrogen and oxygen atoms in total. The molecule has 1 amide bonds. The number of esters is 1. The molecule has 3 saturated carbocycles. The Morgan fingerprint density at radius 3 is 2.51 bits per heavy atom. The normalized spacial score (nSPS) is 32.3. The lowest BCUT2D eigenvalue weighted by molar-refractivity contribution is -0.178. The molecule has 0 aromatic heterocycles. The molecule has 222 valence electrons. The largest absolute Gasteiger partial charge is 0.497 e. The molecule has 5 fully saturated rings. The number of hydrogen-bond donors (Lipinski definition) is 1. The standard InChI is InChI=1S/C32H39F3N2O4/c1-30(2,3)29(39)41-28-24-10-6-19(17-37(24)26(38)15-32(33,34)35)14-31-23(27(28)31)13-25(31)36-16-18-5-7-21-12-22(40-4)9-8-20(21)11-18/h5,7-9,11-12,19,23-25,27-28,36H,6,10,13-17H2,1-4H3/t19?,23?,24?,25?,27-,28-,31+/m1/s1. The number of nitrogens with one attached hydrogen (secondary N) is 1. The number of carbonyl (C=O) groups excluding carboxylic acids is 2. The summed E-state index contributed by atoms with van der Waals surface area (Å²) in [5.41, 5.74) is 0.376. The minimum Gasteiger partial charge on any atom is -0.497 e. The summed E-state index contributed by atoms with van der Waals surface area (Å²) in [4.78, 5) is 27.4. The van der Waals surface area contributed by atoms with E-state index < -0.39 is 36.1 Å². The Labute approximate surface area is 238 Å². The number of piperidine rings is 1. The second-order valence-electron chi connectivity index (χ2n) is 13.6. The zero-order chi connectivity index (χ0) is 29.3. The van der Waals surface area contributed by atoms with E-state index in [0.717, 1.165) is 35.8 Å². The summed E-state index contributed by atoms with van der Waals surface area (Å²) in [5, 5.41) is 6.04. The van der Waals surface area contributed by atoms with E-state index in [4.69, 9.17) is 9.47 Å². The number of alkyl halides is 3. The van der Waals surface area contributed by atoms with Crippen LogP contribution in [0.4, 0.5) is 13.2 Å². The average Bonchev–Trinajstić information content (AvgIpc) is 3.38. The summed E-state index contributed by atoms with van der Waals surface area (Å²) in [6, 6.07) is 12.1. The van der Waals surface area contributed by atoms with Crippen LogP contribution in [-0.4, -0.2) is 54.8 Å². The maximum absolute atomic E-state index is 13.2. The molecule has 7 rings (SSSR count). The fourth-order valence-electron chi connectivity index (χ4n) is 8.06. The summed E-state index contributed by atoms with van der Waals surface area (Å²) >= 11 is 0. The number of nitrogens with zero attached hydrogens (tertiary/aromatic N) is 1. The van der Waals surface area contributed by atoms with Gasteiger partial charge in [-0.1, -0.05) is 18.2 Å². The molecule has 2 saturated heterocycles. The maximum atomic E-state index is 13.2. The van der Waals surface area contributed by atoms with Crippen LogP contribution in [0.25, 0.3) is 10.8 Å². The van der Waals surface area contributed by atoms with Crippen LogP contribution in [0.2, 0.25) is 0 Å². The van der Waals surface area contributed by atoms with Gasteiger partial charge in [0.1, 0.15) is 18.3 Å². The first-order valence-corrected chi connectivity index (χ1v) is 14.7. The Kier molecular flexibility index (Phi) is 6.83. The Balaban J connectivity index is 1.23. The number of halogens is 3. The Bertz CT molecular complexity index is 1350. The zero-order valence-electron chi connectivity index (χ0n) is 24.1. The lowest BCUT2D eigenvalue weighted by Crippen LogP contribution is -2.58. The van der Waals surface area contributed by atoms with Gasteiger partial charge in [-0.25, -0.2) is 0 Å². The highest BCUT2D eigenvalue weighted by molar-refractivity contribution is 5.84. The third-order valence-electron chi connectivity index (χ3n) is 10.1. The quantitative estimate of drug-likeness (QED) is 0.439. The van der Waals surface area contributed by atoms with Crippen LogP contribution in [0.15, 0.2) is 36.4 Å². The topological polar surface area (TPSA) is 67.9 Å². The van der Waals surface area contributed by atoms with Crippen molar-refractivity contribution in [2.45, 2.75) is 83.8 Å². The zero-order valence-corrected chi connectivity index (χ0v) is 24.1. The van der Waals surface area contributed by atoms with Crippen molar-refractivity contribution < 1.29 is 32.2 Å². The van der Waals surface area contributed by atoms with Crippen LogP contribution >= 0.6 is 0 Å². The summed E-state index contributed by atoms with van der Waals surface area (Å²) in [6.07, 6.45) is -3.47. The Morgan fingerprint density at radius 2 is 1.80 bits per heavy atom. The minimum atomic E-state index is -4.57. The molecule has 4 unspecified atom stereocenters. The molecule has 2 bridgehead atoms. The van der Waals surface area contributed by atoms with Crippen LogP contribution in [-0.2, 0) is 20.9 Å². The lowest BCUT2D eigenvalue weighted by Gasteiger charge is -2.49. The molecule has 5 aliphatic rings. The van der Waals surface area contributed by atoms with Gasteiger partial charge >= 0.3 is 12.1 Å². The summed E-state index contributed by atoms with van der Waals surface area (Å²) in [7, 11) is 1.66. The van der Waals surface area contributed by atoms with Gasteiger partial charge in [0, 0.05) is 25.0 Å². The number of rotatable bonds is 6. The van der Waals surface area contributed by atoms with Gasteiger partial charge in [0.15, 0.2) is 0 Å². The van der Waals surface area contributed by atoms with Crippen LogP contribution in [0.3, 0.4) is 0 Å². The van der Waals surface area contributed by atoms with Gasteiger partial charge in [-0.3, -0.25) is 9.59 Å². The van der Waals surface area contributed by atoms with Crippen molar-refractivity contribution >= 4 is 22.6 Å². The van der Waals surface area contributed by atoms with Crippen LogP contribution < -0.4 is 10.1 Å². The second-order valence-corrected chi connectivity index (χ2v) is 13.6. The number of ether oxygens (including phenoxy) is 2. The molecule has 7 atom stereocenters. The highest BCUT2D eigenvalue weighted by atomic mass is 19.4. The number of hydrogen-bond acceptors (Lipinski definition) is 5. The van der Waals surface area contributed by atoms with Crippen molar-refractivity contribution in [2.75, 3.05) is 13.7 Å². The SMILES string of the molecule is COc1ccc2cc(CNC3CC4[C@@H]5[C@H](OC(=O)C(C)(C)C)C6CCC(CN6C(=O)CC(F)(F)F)C[C@@]345)ccc2c1. The minimum absolute atomic E-state index is 0.0460. The molecule has 2 heterocycles. The van der Waals surface area contributed by atoms with Crippen molar-refractivity contribution in [3.8, 4) is 5.75 Å². The molecule has 0 radical (unpaired) electrons. The molecular formula is C32H39F3N2O4. The number of amides is 1. The van der Waals surface area contributed by atoms with Crippen LogP contribution in [0.1, 0.15) is 58.4 Å². The first kappa shape index (κ1) is 28.3. The van der Waals surface area contributed by atoms with E-state index in [0.29, 0.717) is 25.4 Å². The van der Waals surface area contributed by atoms with Crippen LogP contribution in [0.5, 0.6) is 5.75 Å². The molecule has 2 aromatic rings. The Hall–Kier alpha value is -2.81. The molecule has 3 aliphatic carbocycles. The third-order valence-corrected chi connectivity index (χ3v) is 10.1. The van der Waals surface area contributed by atoms with E-state index in [2.05, 4.69) is 29.6 Å². The first-order valence-electron chi connectivity index (χ1n) is 14.7. The van der Waals surface area contributed by atoms with Gasteiger partial charge in [0.2, 0.25) is 5.91 Å². The van der Waals surface area contributed by atoms with Gasteiger partial charge < -0.3 is 19.7 Å². The van der Waals surface area contributed by atoms with Crippen molar-refractivity contribution in [1.29, 1.82) is 0 Å². The fourth-order valence-corrected chi connectivity index (χ4v) is 8.06. The number of carbonyl (C=O) groups is 2. The number of methoxy groups -OCH3 is 1. The molecular weight excluding hydrogens is 533 g/mol. The average molecular weight is 573 g/mol. The number of benzene rings is 2. The van der Waals surface area contributed by atoms with Crippen molar-refractivity contribution in [2.24, 2.45) is 28.6 Å². The first-order chi connectivity index (χ1) is 19.3. The molecule has 1 N–H and O–H groups in total. The summed E-state index contributed by atoms with van der Waals surface area (Å²) in [5.74, 6) is 0.0909. The predicted molar refractivity (Wildman–Crippen MR) is 148 cm³/mol. The van der Waals surface area contributed by atoms with E-state index in [9.17, 15) is 22.8 Å². The van der Waals surface area contributed by atoms with Crippen molar-refractivity contribution in [3.05, 3.63) is 42.0 Å². The second kappa shape index (κ2) is 9.89. The molecule has 9 heteroatoms.